The molecule has 0 radical (unpaired) electrons. The van der Waals surface area contributed by atoms with Gasteiger partial charge in [0.15, 0.2) is 0 Å². The first kappa shape index (κ1) is 18.8. The quantitative estimate of drug-likeness (QED) is 0.645. The van der Waals surface area contributed by atoms with Gasteiger partial charge < -0.3 is 10.1 Å². The minimum Gasteiger partial charge on any atom is -0.497 e. The smallest absolute Gasteiger partial charge is 0.118 e. The molecule has 2 nitrogen and oxygen atoms in total. The van der Waals surface area contributed by atoms with E-state index < -0.39 is 5.54 Å². The Labute approximate surface area is 151 Å². The molecule has 3 aromatic carbocycles. The van der Waals surface area contributed by atoms with E-state index in [2.05, 4.69) is 66.0 Å². The summed E-state index contributed by atoms with van der Waals surface area (Å²) in [6, 6.07) is 29.3. The van der Waals surface area contributed by atoms with E-state index >= 15 is 0 Å². The van der Waals surface area contributed by atoms with E-state index in [0.717, 1.165) is 5.75 Å². The lowest BCUT2D eigenvalue weighted by atomic mass is 9.77. The standard InChI is InChI=1S/C21H21NO.C2H6/c1-22-21(17-9-5-3-6-10-17,18-11-7-4-8-12-18)19-13-15-20(23-2)16-14-19;1-2/h3-16,22H,1-2H3;1-2H3. The van der Waals surface area contributed by atoms with Gasteiger partial charge in [-0.1, -0.05) is 86.6 Å². The number of ether oxygens (including phenoxy) is 1. The number of nitrogens with one attached hydrogen (secondary N) is 1. The molecule has 1 N–H and O–H groups in total. The van der Waals surface area contributed by atoms with E-state index in [-0.39, 0.29) is 0 Å². The Bertz CT molecular complexity index is 697. The summed E-state index contributed by atoms with van der Waals surface area (Å²) >= 11 is 0. The monoisotopic (exact) mass is 333 g/mol. The first-order valence-corrected chi connectivity index (χ1v) is 8.76. The Kier molecular flexibility index (Phi) is 6.79. The largest absolute Gasteiger partial charge is 0.497 e. The molecule has 0 unspecified atom stereocenters. The molecule has 0 bridgehead atoms. The lowest BCUT2D eigenvalue weighted by molar-refractivity contribution is 0.414. The second-order valence-corrected chi connectivity index (χ2v) is 5.46. The molecule has 0 heterocycles. The summed E-state index contributed by atoms with van der Waals surface area (Å²) < 4.78 is 5.31. The van der Waals surface area contributed by atoms with Crippen LogP contribution in [0.25, 0.3) is 0 Å². The van der Waals surface area contributed by atoms with Gasteiger partial charge in [-0.3, -0.25) is 0 Å². The minimum atomic E-state index is -0.394. The maximum atomic E-state index is 5.31. The molecule has 0 saturated carbocycles. The zero-order valence-corrected chi connectivity index (χ0v) is 15.5. The number of benzene rings is 3. The molecule has 0 aliphatic carbocycles. The lowest BCUT2D eigenvalue weighted by Gasteiger charge is -2.35. The third-order valence-electron chi connectivity index (χ3n) is 4.31. The van der Waals surface area contributed by atoms with Crippen molar-refractivity contribution < 1.29 is 4.74 Å². The Balaban J connectivity index is 0.00000109. The molecule has 130 valence electrons. The maximum Gasteiger partial charge on any atom is 0.118 e. The molecule has 0 atom stereocenters. The highest BCUT2D eigenvalue weighted by molar-refractivity contribution is 5.50. The van der Waals surface area contributed by atoms with E-state index in [1.807, 2.05) is 45.2 Å². The van der Waals surface area contributed by atoms with Gasteiger partial charge in [-0.25, -0.2) is 0 Å². The molecule has 0 aliphatic heterocycles. The third-order valence-corrected chi connectivity index (χ3v) is 4.31. The second-order valence-electron chi connectivity index (χ2n) is 5.46. The van der Waals surface area contributed by atoms with Crippen LogP contribution in [0, 0.1) is 0 Å². The van der Waals surface area contributed by atoms with Crippen LogP contribution in [-0.2, 0) is 5.54 Å². The fourth-order valence-corrected chi connectivity index (χ4v) is 3.15. The average Bonchev–Trinajstić information content (AvgIpc) is 2.73. The van der Waals surface area contributed by atoms with Crippen LogP contribution < -0.4 is 10.1 Å². The first-order valence-electron chi connectivity index (χ1n) is 8.76. The van der Waals surface area contributed by atoms with Crippen molar-refractivity contribution in [3.8, 4) is 5.75 Å². The average molecular weight is 333 g/mol. The van der Waals surface area contributed by atoms with Gasteiger partial charge in [-0.05, 0) is 35.9 Å². The van der Waals surface area contributed by atoms with Crippen LogP contribution in [0.2, 0.25) is 0 Å². The van der Waals surface area contributed by atoms with Crippen LogP contribution in [0.4, 0.5) is 0 Å². The summed E-state index contributed by atoms with van der Waals surface area (Å²) in [4.78, 5) is 0. The SMILES string of the molecule is CC.CNC(c1ccccc1)(c1ccccc1)c1ccc(OC)cc1. The van der Waals surface area contributed by atoms with Crippen molar-refractivity contribution in [1.29, 1.82) is 0 Å². The van der Waals surface area contributed by atoms with Gasteiger partial charge >= 0.3 is 0 Å². The van der Waals surface area contributed by atoms with Crippen LogP contribution in [0.3, 0.4) is 0 Å². The van der Waals surface area contributed by atoms with Crippen LogP contribution in [0.1, 0.15) is 30.5 Å². The van der Waals surface area contributed by atoms with Crippen LogP contribution in [0.5, 0.6) is 5.75 Å². The van der Waals surface area contributed by atoms with Crippen LogP contribution in [0.15, 0.2) is 84.9 Å². The number of rotatable bonds is 5. The Morgan fingerprint density at radius 2 is 1.04 bits per heavy atom. The van der Waals surface area contributed by atoms with Gasteiger partial charge in [0.1, 0.15) is 5.75 Å². The van der Waals surface area contributed by atoms with Gasteiger partial charge in [0, 0.05) is 0 Å². The first-order chi connectivity index (χ1) is 12.3. The Morgan fingerprint density at radius 3 is 1.40 bits per heavy atom. The number of hydrogen-bond donors (Lipinski definition) is 1. The highest BCUT2D eigenvalue weighted by Gasteiger charge is 2.34. The molecule has 3 aromatic rings. The molecule has 0 saturated heterocycles. The molecule has 2 heteroatoms. The zero-order chi connectivity index (χ0) is 18.1. The van der Waals surface area contributed by atoms with E-state index in [1.165, 1.54) is 16.7 Å². The van der Waals surface area contributed by atoms with Crippen molar-refractivity contribution in [2.75, 3.05) is 14.2 Å². The third kappa shape index (κ3) is 3.75. The van der Waals surface area contributed by atoms with Crippen molar-refractivity contribution in [2.45, 2.75) is 19.4 Å². The van der Waals surface area contributed by atoms with Crippen molar-refractivity contribution in [3.63, 3.8) is 0 Å². The highest BCUT2D eigenvalue weighted by Crippen LogP contribution is 2.36. The molecule has 0 amide bonds. The highest BCUT2D eigenvalue weighted by atomic mass is 16.5. The molecular formula is C23H27NO. The minimum absolute atomic E-state index is 0.394. The predicted octanol–water partition coefficient (Wildman–Crippen LogP) is 5.23. The normalized spacial score (nSPS) is 10.6. The summed E-state index contributed by atoms with van der Waals surface area (Å²) in [6.45, 7) is 4.00. The maximum absolute atomic E-state index is 5.31. The Morgan fingerprint density at radius 1 is 0.640 bits per heavy atom. The summed E-state index contributed by atoms with van der Waals surface area (Å²) in [6.07, 6.45) is 0. The summed E-state index contributed by atoms with van der Waals surface area (Å²) in [7, 11) is 3.69. The number of methoxy groups -OCH3 is 1. The van der Waals surface area contributed by atoms with E-state index in [9.17, 15) is 0 Å². The fraction of sp³-hybridized carbons (Fsp3) is 0.217. The zero-order valence-electron chi connectivity index (χ0n) is 15.5. The van der Waals surface area contributed by atoms with E-state index in [0.29, 0.717) is 0 Å². The molecule has 0 aromatic heterocycles. The molecule has 0 aliphatic rings. The van der Waals surface area contributed by atoms with Gasteiger partial charge in [-0.2, -0.15) is 0 Å². The molecule has 0 spiro atoms. The lowest BCUT2D eigenvalue weighted by Crippen LogP contribution is -2.42. The topological polar surface area (TPSA) is 21.3 Å². The van der Waals surface area contributed by atoms with Gasteiger partial charge in [-0.15, -0.1) is 0 Å². The molecule has 0 fully saturated rings. The van der Waals surface area contributed by atoms with Crippen molar-refractivity contribution >= 4 is 0 Å². The van der Waals surface area contributed by atoms with Gasteiger partial charge in [0.05, 0.1) is 12.6 Å². The van der Waals surface area contributed by atoms with Gasteiger partial charge in [0.25, 0.3) is 0 Å². The molecular weight excluding hydrogens is 306 g/mol. The summed E-state index contributed by atoms with van der Waals surface area (Å²) in [5, 5.41) is 3.56. The van der Waals surface area contributed by atoms with E-state index in [1.54, 1.807) is 7.11 Å². The summed E-state index contributed by atoms with van der Waals surface area (Å²) in [5.41, 5.74) is 3.20. The Hall–Kier alpha value is -2.58. The molecule has 25 heavy (non-hydrogen) atoms. The van der Waals surface area contributed by atoms with Gasteiger partial charge in [0.2, 0.25) is 0 Å². The summed E-state index contributed by atoms with van der Waals surface area (Å²) in [5.74, 6) is 0.861. The predicted molar refractivity (Wildman–Crippen MR) is 106 cm³/mol. The molecule has 3 rings (SSSR count). The van der Waals surface area contributed by atoms with Crippen LogP contribution in [-0.4, -0.2) is 14.2 Å². The van der Waals surface area contributed by atoms with Crippen molar-refractivity contribution in [1.82, 2.24) is 5.32 Å². The fourth-order valence-electron chi connectivity index (χ4n) is 3.15. The number of hydrogen-bond acceptors (Lipinski definition) is 2. The van der Waals surface area contributed by atoms with Crippen molar-refractivity contribution in [2.24, 2.45) is 0 Å². The van der Waals surface area contributed by atoms with E-state index in [4.69, 9.17) is 4.74 Å². The second kappa shape index (κ2) is 9.05. The van der Waals surface area contributed by atoms with Crippen LogP contribution >= 0.6 is 0 Å². The van der Waals surface area contributed by atoms with Crippen molar-refractivity contribution in [3.05, 3.63) is 102 Å².